The summed E-state index contributed by atoms with van der Waals surface area (Å²) in [5, 5.41) is 3.72. The molecule has 1 N–H and O–H groups in total. The van der Waals surface area contributed by atoms with Crippen molar-refractivity contribution in [2.75, 3.05) is 6.54 Å². The molecule has 1 unspecified atom stereocenters. The Labute approximate surface area is 221 Å². The molecule has 1 heterocycles. The molecule has 0 aliphatic heterocycles. The van der Waals surface area contributed by atoms with Crippen LogP contribution in [0, 0.1) is 0 Å². The van der Waals surface area contributed by atoms with E-state index in [-0.39, 0.29) is 12.0 Å². The Morgan fingerprint density at radius 1 is 0.919 bits per heavy atom. The van der Waals surface area contributed by atoms with Crippen LogP contribution in [0.2, 0.25) is 5.02 Å². The molecule has 186 valence electrons. The second-order valence-electron chi connectivity index (χ2n) is 8.95. The van der Waals surface area contributed by atoms with Crippen molar-refractivity contribution in [1.82, 2.24) is 14.9 Å². The molecule has 5 nitrogen and oxygen atoms in total. The Bertz CT molecular complexity index is 1480. The molecule has 1 atom stereocenters. The second kappa shape index (κ2) is 11.3. The Morgan fingerprint density at radius 2 is 1.62 bits per heavy atom. The smallest absolute Gasteiger partial charge is 0.251 e. The average Bonchev–Trinajstić information content (AvgIpc) is 3.28. The molecule has 5 rings (SSSR count). The first kappa shape index (κ1) is 24.6. The van der Waals surface area contributed by atoms with Gasteiger partial charge in [-0.25, -0.2) is 4.98 Å². The van der Waals surface area contributed by atoms with E-state index in [1.165, 1.54) is 5.56 Å². The molecular formula is C31H28ClN3O2. The van der Waals surface area contributed by atoms with Crippen LogP contribution in [0.4, 0.5) is 0 Å². The van der Waals surface area contributed by atoms with Gasteiger partial charge in [0.05, 0.1) is 11.0 Å². The minimum absolute atomic E-state index is 0.111. The third-order valence-electron chi connectivity index (χ3n) is 6.26. The van der Waals surface area contributed by atoms with Crippen LogP contribution in [0.15, 0.2) is 103 Å². The lowest BCUT2D eigenvalue weighted by molar-refractivity contribution is 0.0954. The van der Waals surface area contributed by atoms with Gasteiger partial charge in [0.1, 0.15) is 5.75 Å². The fourth-order valence-corrected chi connectivity index (χ4v) is 4.49. The van der Waals surface area contributed by atoms with Gasteiger partial charge < -0.3 is 14.6 Å². The van der Waals surface area contributed by atoms with E-state index in [9.17, 15) is 4.79 Å². The summed E-state index contributed by atoms with van der Waals surface area (Å²) in [4.78, 5) is 17.8. The Kier molecular flexibility index (Phi) is 7.52. The molecule has 1 amide bonds. The number of nitrogens with zero attached hydrogens (tertiary/aromatic N) is 2. The Balaban J connectivity index is 1.41. The van der Waals surface area contributed by atoms with Gasteiger partial charge in [-0.2, -0.15) is 0 Å². The predicted molar refractivity (Wildman–Crippen MR) is 148 cm³/mol. The highest BCUT2D eigenvalue weighted by Gasteiger charge is 2.20. The monoisotopic (exact) mass is 509 g/mol. The number of benzene rings is 4. The van der Waals surface area contributed by atoms with Gasteiger partial charge in [0.2, 0.25) is 0 Å². The van der Waals surface area contributed by atoms with Gasteiger partial charge in [-0.15, -0.1) is 0 Å². The summed E-state index contributed by atoms with van der Waals surface area (Å²) in [5.41, 5.74) is 4.56. The van der Waals surface area contributed by atoms with Crippen molar-refractivity contribution in [2.45, 2.75) is 26.0 Å². The average molecular weight is 510 g/mol. The van der Waals surface area contributed by atoms with Gasteiger partial charge in [0.25, 0.3) is 5.91 Å². The van der Waals surface area contributed by atoms with Gasteiger partial charge in [-0.3, -0.25) is 4.79 Å². The van der Waals surface area contributed by atoms with Crippen LogP contribution in [0.25, 0.3) is 11.0 Å². The molecule has 6 heteroatoms. The van der Waals surface area contributed by atoms with Gasteiger partial charge >= 0.3 is 0 Å². The maximum Gasteiger partial charge on any atom is 0.251 e. The number of para-hydroxylation sites is 1. The van der Waals surface area contributed by atoms with Crippen molar-refractivity contribution in [3.8, 4) is 5.75 Å². The molecule has 5 aromatic rings. The number of carbonyl (C=O) groups excluding carboxylic acids is 1. The number of nitrogens with one attached hydrogen (secondary N) is 1. The molecule has 0 spiro atoms. The summed E-state index contributed by atoms with van der Waals surface area (Å²) in [6.07, 6.45) is 0.480. The SMILES string of the molecule is CC(Oc1ccccc1)c1nc2cc(C(=O)NCCc3ccccc3)ccc2n1Cc1ccc(Cl)cc1. The third kappa shape index (κ3) is 6.01. The quantitative estimate of drug-likeness (QED) is 0.236. The molecule has 0 fully saturated rings. The lowest BCUT2D eigenvalue weighted by Gasteiger charge is -2.17. The highest BCUT2D eigenvalue weighted by molar-refractivity contribution is 6.30. The van der Waals surface area contributed by atoms with E-state index >= 15 is 0 Å². The molecule has 0 bridgehead atoms. The highest BCUT2D eigenvalue weighted by Crippen LogP contribution is 2.27. The molecule has 0 saturated heterocycles. The van der Waals surface area contributed by atoms with Crippen molar-refractivity contribution in [3.63, 3.8) is 0 Å². The number of carbonyl (C=O) groups is 1. The van der Waals surface area contributed by atoms with Gasteiger partial charge in [0.15, 0.2) is 11.9 Å². The topological polar surface area (TPSA) is 56.1 Å². The van der Waals surface area contributed by atoms with Crippen LogP contribution < -0.4 is 10.1 Å². The second-order valence-corrected chi connectivity index (χ2v) is 9.39. The zero-order chi connectivity index (χ0) is 25.6. The van der Waals surface area contributed by atoms with Gasteiger partial charge in [-0.05, 0) is 66.9 Å². The van der Waals surface area contributed by atoms with E-state index in [0.29, 0.717) is 23.7 Å². The van der Waals surface area contributed by atoms with Crippen LogP contribution >= 0.6 is 11.6 Å². The minimum Gasteiger partial charge on any atom is -0.483 e. The van der Waals surface area contributed by atoms with Crippen molar-refractivity contribution in [2.24, 2.45) is 0 Å². The maximum absolute atomic E-state index is 12.9. The summed E-state index contributed by atoms with van der Waals surface area (Å²) >= 11 is 6.10. The number of hydrogen-bond donors (Lipinski definition) is 1. The minimum atomic E-state index is -0.301. The van der Waals surface area contributed by atoms with E-state index in [4.69, 9.17) is 21.3 Å². The van der Waals surface area contributed by atoms with Gasteiger partial charge in [0, 0.05) is 23.7 Å². The zero-order valence-electron chi connectivity index (χ0n) is 20.6. The first-order valence-corrected chi connectivity index (χ1v) is 12.7. The first-order chi connectivity index (χ1) is 18.1. The first-order valence-electron chi connectivity index (χ1n) is 12.4. The van der Waals surface area contributed by atoms with E-state index < -0.39 is 0 Å². The summed E-state index contributed by atoms with van der Waals surface area (Å²) in [5.74, 6) is 1.45. The number of hydrogen-bond acceptors (Lipinski definition) is 3. The van der Waals surface area contributed by atoms with Crippen molar-refractivity contribution < 1.29 is 9.53 Å². The van der Waals surface area contributed by atoms with Crippen LogP contribution in [0.3, 0.4) is 0 Å². The fourth-order valence-electron chi connectivity index (χ4n) is 4.36. The molecule has 37 heavy (non-hydrogen) atoms. The number of aromatic nitrogens is 2. The third-order valence-corrected chi connectivity index (χ3v) is 6.51. The number of rotatable bonds is 9. The van der Waals surface area contributed by atoms with Crippen molar-refractivity contribution in [3.05, 3.63) is 131 Å². The molecule has 0 radical (unpaired) electrons. The van der Waals surface area contributed by atoms with Gasteiger partial charge in [-0.1, -0.05) is 72.3 Å². The van der Waals surface area contributed by atoms with Crippen LogP contribution in [0.1, 0.15) is 40.3 Å². The van der Waals surface area contributed by atoms with E-state index in [2.05, 4.69) is 22.0 Å². The van der Waals surface area contributed by atoms with Crippen LogP contribution in [-0.2, 0) is 13.0 Å². The lowest BCUT2D eigenvalue weighted by Crippen LogP contribution is -2.25. The predicted octanol–water partition coefficient (Wildman–Crippen LogP) is 6.85. The van der Waals surface area contributed by atoms with Crippen LogP contribution in [-0.4, -0.2) is 22.0 Å². The van der Waals surface area contributed by atoms with E-state index in [0.717, 1.165) is 34.6 Å². The number of fused-ring (bicyclic) bond motifs is 1. The fraction of sp³-hybridized carbons (Fsp3) is 0.161. The number of amides is 1. The molecular weight excluding hydrogens is 482 g/mol. The molecule has 0 aliphatic carbocycles. The maximum atomic E-state index is 12.9. The Morgan fingerprint density at radius 3 is 2.35 bits per heavy atom. The van der Waals surface area contributed by atoms with Crippen LogP contribution in [0.5, 0.6) is 5.75 Å². The summed E-state index contributed by atoms with van der Waals surface area (Å²) in [6, 6.07) is 33.3. The standard InChI is InChI=1S/C31H28ClN3O2/c1-22(37-27-10-6-3-7-11-27)30-34-28-20-25(31(36)33-19-18-23-8-4-2-5-9-23)14-17-29(28)35(30)21-24-12-15-26(32)16-13-24/h2-17,20,22H,18-19,21H2,1H3,(H,33,36). The largest absolute Gasteiger partial charge is 0.483 e. The summed E-state index contributed by atoms with van der Waals surface area (Å²) in [7, 11) is 0. The molecule has 0 aliphatic rings. The molecule has 1 aromatic heterocycles. The molecule has 0 saturated carbocycles. The van der Waals surface area contributed by atoms with E-state index in [1.54, 1.807) is 0 Å². The highest BCUT2D eigenvalue weighted by atomic mass is 35.5. The number of imidazole rings is 1. The summed E-state index contributed by atoms with van der Waals surface area (Å²) in [6.45, 7) is 3.16. The summed E-state index contributed by atoms with van der Waals surface area (Å²) < 4.78 is 8.36. The zero-order valence-corrected chi connectivity index (χ0v) is 21.4. The lowest BCUT2D eigenvalue weighted by atomic mass is 10.1. The number of halogens is 1. The number of ether oxygens (including phenoxy) is 1. The van der Waals surface area contributed by atoms with Crippen molar-refractivity contribution >= 4 is 28.5 Å². The van der Waals surface area contributed by atoms with E-state index in [1.807, 2.05) is 97.9 Å². The normalized spacial score (nSPS) is 11.8. The molecule has 4 aromatic carbocycles. The van der Waals surface area contributed by atoms with Crippen molar-refractivity contribution in [1.29, 1.82) is 0 Å². The Hall–Kier alpha value is -4.09.